The first-order valence-corrected chi connectivity index (χ1v) is 11.3. The molecular weight excluding hydrogens is 441 g/mol. The van der Waals surface area contributed by atoms with Crippen molar-refractivity contribution in [3.8, 4) is 0 Å². The summed E-state index contributed by atoms with van der Waals surface area (Å²) in [6, 6.07) is 0. The highest BCUT2D eigenvalue weighted by atomic mass is 79.9. The summed E-state index contributed by atoms with van der Waals surface area (Å²) in [5.74, 6) is -1.99. The first kappa shape index (κ1) is 27.2. The molecule has 1 atom stereocenters. The van der Waals surface area contributed by atoms with E-state index < -0.39 is 35.0 Å². The summed E-state index contributed by atoms with van der Waals surface area (Å²) in [5.41, 5.74) is -1.70. The summed E-state index contributed by atoms with van der Waals surface area (Å²) in [6.45, 7) is 5.46. The van der Waals surface area contributed by atoms with Crippen molar-refractivity contribution in [3.05, 3.63) is 0 Å². The molecule has 1 unspecified atom stereocenters. The predicted molar refractivity (Wildman–Crippen MR) is 106 cm³/mol. The van der Waals surface area contributed by atoms with Gasteiger partial charge in [-0.15, -0.1) is 0 Å². The SMILES string of the molecule is CCCCCCCCCCOC(=O)C(CC)(CC)C(=O)OC(CBr)C(F)(F)F. The summed E-state index contributed by atoms with van der Waals surface area (Å²) in [6.07, 6.45) is 1.69. The van der Waals surface area contributed by atoms with Crippen molar-refractivity contribution in [2.24, 2.45) is 5.41 Å². The zero-order valence-corrected chi connectivity index (χ0v) is 18.8. The van der Waals surface area contributed by atoms with Crippen LogP contribution < -0.4 is 0 Å². The van der Waals surface area contributed by atoms with Crippen LogP contribution in [0, 0.1) is 5.41 Å². The third kappa shape index (κ3) is 9.14. The molecule has 0 aromatic carbocycles. The number of hydrogen-bond donors (Lipinski definition) is 0. The van der Waals surface area contributed by atoms with Crippen molar-refractivity contribution >= 4 is 27.9 Å². The number of esters is 2. The van der Waals surface area contributed by atoms with E-state index in [0.29, 0.717) is 6.42 Å². The van der Waals surface area contributed by atoms with Gasteiger partial charge in [0.25, 0.3) is 0 Å². The highest BCUT2D eigenvalue weighted by molar-refractivity contribution is 9.09. The second-order valence-electron chi connectivity index (χ2n) is 6.99. The quantitative estimate of drug-likeness (QED) is 0.120. The number of halogens is 4. The highest BCUT2D eigenvalue weighted by Crippen LogP contribution is 2.33. The molecule has 0 saturated heterocycles. The molecule has 4 nitrogen and oxygen atoms in total. The Bertz CT molecular complexity index is 451. The van der Waals surface area contributed by atoms with Crippen LogP contribution in [0.5, 0.6) is 0 Å². The standard InChI is InChI=1S/C20H34BrF3O4/c1-4-7-8-9-10-11-12-13-14-27-17(25)19(5-2,6-3)18(26)28-16(15-21)20(22,23)24/h16H,4-15H2,1-3H3. The monoisotopic (exact) mass is 474 g/mol. The van der Waals surface area contributed by atoms with E-state index in [1.807, 2.05) is 0 Å². The van der Waals surface area contributed by atoms with Crippen LogP contribution in [0.15, 0.2) is 0 Å². The van der Waals surface area contributed by atoms with Crippen molar-refractivity contribution in [2.45, 2.75) is 97.3 Å². The van der Waals surface area contributed by atoms with Gasteiger partial charge in [-0.05, 0) is 19.3 Å². The molecule has 0 fully saturated rings. The van der Waals surface area contributed by atoms with E-state index in [-0.39, 0.29) is 19.4 Å². The van der Waals surface area contributed by atoms with Gasteiger partial charge in [0.05, 0.1) is 6.61 Å². The van der Waals surface area contributed by atoms with E-state index in [9.17, 15) is 22.8 Å². The minimum absolute atomic E-state index is 0.0193. The molecule has 166 valence electrons. The van der Waals surface area contributed by atoms with Gasteiger partial charge in [0.1, 0.15) is 0 Å². The summed E-state index contributed by atoms with van der Waals surface area (Å²) in [5, 5.41) is -0.584. The summed E-state index contributed by atoms with van der Waals surface area (Å²) < 4.78 is 48.5. The van der Waals surface area contributed by atoms with E-state index in [1.54, 1.807) is 13.8 Å². The van der Waals surface area contributed by atoms with Crippen LogP contribution in [0.1, 0.15) is 85.0 Å². The van der Waals surface area contributed by atoms with Crippen LogP contribution in [-0.4, -0.2) is 36.2 Å². The molecule has 28 heavy (non-hydrogen) atoms. The highest BCUT2D eigenvalue weighted by Gasteiger charge is 2.50. The van der Waals surface area contributed by atoms with Gasteiger partial charge < -0.3 is 9.47 Å². The average Bonchev–Trinajstić information content (AvgIpc) is 2.65. The zero-order chi connectivity index (χ0) is 21.6. The Morgan fingerprint density at radius 2 is 1.36 bits per heavy atom. The molecule has 0 bridgehead atoms. The van der Waals surface area contributed by atoms with Crippen molar-refractivity contribution < 1.29 is 32.2 Å². The normalized spacial score (nSPS) is 13.2. The number of unbranched alkanes of at least 4 members (excludes halogenated alkanes) is 7. The molecular formula is C20H34BrF3O4. The number of carbonyl (C=O) groups excluding carboxylic acids is 2. The van der Waals surface area contributed by atoms with Crippen LogP contribution in [0.25, 0.3) is 0 Å². The Morgan fingerprint density at radius 1 is 0.857 bits per heavy atom. The van der Waals surface area contributed by atoms with Gasteiger partial charge in [0.15, 0.2) is 5.41 Å². The smallest absolute Gasteiger partial charge is 0.426 e. The molecule has 0 heterocycles. The maximum Gasteiger partial charge on any atom is 0.426 e. The van der Waals surface area contributed by atoms with Crippen LogP contribution in [0.2, 0.25) is 0 Å². The number of hydrogen-bond acceptors (Lipinski definition) is 4. The Hall–Kier alpha value is -0.790. The lowest BCUT2D eigenvalue weighted by molar-refractivity contribution is -0.222. The summed E-state index contributed by atoms with van der Waals surface area (Å²) in [7, 11) is 0. The number of carbonyl (C=O) groups is 2. The predicted octanol–water partition coefficient (Wildman–Crippen LogP) is 6.35. The van der Waals surface area contributed by atoms with Gasteiger partial charge in [-0.3, -0.25) is 9.59 Å². The number of ether oxygens (including phenoxy) is 2. The molecule has 0 radical (unpaired) electrons. The summed E-state index contributed by atoms with van der Waals surface area (Å²) >= 11 is 2.70. The van der Waals surface area contributed by atoms with Gasteiger partial charge in [-0.2, -0.15) is 13.2 Å². The Morgan fingerprint density at radius 3 is 1.79 bits per heavy atom. The Balaban J connectivity index is 4.55. The minimum atomic E-state index is -4.70. The van der Waals surface area contributed by atoms with Crippen LogP contribution in [0.3, 0.4) is 0 Å². The Kier molecular flexibility index (Phi) is 13.8. The van der Waals surface area contributed by atoms with E-state index in [0.717, 1.165) is 19.3 Å². The average molecular weight is 475 g/mol. The molecule has 0 aliphatic rings. The molecule has 0 saturated carbocycles. The van der Waals surface area contributed by atoms with Crippen LogP contribution in [-0.2, 0) is 19.1 Å². The van der Waals surface area contributed by atoms with Gasteiger partial charge in [-0.1, -0.05) is 81.6 Å². The zero-order valence-electron chi connectivity index (χ0n) is 17.2. The van der Waals surface area contributed by atoms with Crippen molar-refractivity contribution in [3.63, 3.8) is 0 Å². The first-order valence-electron chi connectivity index (χ1n) is 10.2. The second kappa shape index (κ2) is 14.2. The fourth-order valence-corrected chi connectivity index (χ4v) is 3.38. The van der Waals surface area contributed by atoms with Gasteiger partial charge in [0.2, 0.25) is 6.10 Å². The number of rotatable bonds is 15. The van der Waals surface area contributed by atoms with Crippen molar-refractivity contribution in [1.29, 1.82) is 0 Å². The van der Waals surface area contributed by atoms with E-state index in [1.165, 1.54) is 25.7 Å². The molecule has 0 aliphatic carbocycles. The van der Waals surface area contributed by atoms with Gasteiger partial charge in [0, 0.05) is 5.33 Å². The molecule has 0 aromatic heterocycles. The lowest BCUT2D eigenvalue weighted by Crippen LogP contribution is -2.45. The first-order chi connectivity index (χ1) is 13.2. The van der Waals surface area contributed by atoms with Crippen LogP contribution >= 0.6 is 15.9 Å². The molecule has 0 N–H and O–H groups in total. The van der Waals surface area contributed by atoms with Gasteiger partial charge in [-0.25, -0.2) is 0 Å². The molecule has 0 spiro atoms. The van der Waals surface area contributed by atoms with Gasteiger partial charge >= 0.3 is 18.1 Å². The van der Waals surface area contributed by atoms with E-state index in [4.69, 9.17) is 4.74 Å². The molecule has 8 heteroatoms. The number of alkyl halides is 4. The molecule has 0 rings (SSSR count). The maximum atomic E-state index is 12.9. The lowest BCUT2D eigenvalue weighted by Gasteiger charge is -2.29. The molecule has 0 amide bonds. The lowest BCUT2D eigenvalue weighted by atomic mass is 9.82. The van der Waals surface area contributed by atoms with E-state index >= 15 is 0 Å². The summed E-state index contributed by atoms with van der Waals surface area (Å²) in [4.78, 5) is 24.9. The van der Waals surface area contributed by atoms with Crippen molar-refractivity contribution in [1.82, 2.24) is 0 Å². The van der Waals surface area contributed by atoms with E-state index in [2.05, 4.69) is 27.6 Å². The molecule has 0 aliphatic heterocycles. The third-order valence-electron chi connectivity index (χ3n) is 4.97. The largest absolute Gasteiger partial charge is 0.465 e. The van der Waals surface area contributed by atoms with Crippen LogP contribution in [0.4, 0.5) is 13.2 Å². The Labute approximate surface area is 175 Å². The second-order valence-corrected chi connectivity index (χ2v) is 7.64. The fraction of sp³-hybridized carbons (Fsp3) is 0.900. The molecule has 0 aromatic rings. The third-order valence-corrected chi connectivity index (χ3v) is 5.56. The minimum Gasteiger partial charge on any atom is -0.465 e. The fourth-order valence-electron chi connectivity index (χ4n) is 2.88. The topological polar surface area (TPSA) is 52.6 Å². The van der Waals surface area contributed by atoms with Crippen molar-refractivity contribution in [2.75, 3.05) is 11.9 Å². The maximum absolute atomic E-state index is 12.9.